The molecule has 0 unspecified atom stereocenters. The van der Waals surface area contributed by atoms with Gasteiger partial charge in [0.25, 0.3) is 11.6 Å². The molecule has 1 N–H and O–H groups in total. The highest BCUT2D eigenvalue weighted by atomic mass is 19.1. The molecule has 1 amide bonds. The van der Waals surface area contributed by atoms with E-state index in [2.05, 4.69) is 5.32 Å². The zero-order chi connectivity index (χ0) is 24.8. The fraction of sp³-hybridized carbons (Fsp3) is 0.0370. The maximum absolute atomic E-state index is 14.0. The molecule has 0 fully saturated rings. The first kappa shape index (κ1) is 23.1. The summed E-state index contributed by atoms with van der Waals surface area (Å²) in [5, 5.41) is 24.7. The number of benzene rings is 4. The minimum atomic E-state index is -0.886. The van der Waals surface area contributed by atoms with Gasteiger partial charge in [-0.2, -0.15) is 5.26 Å². The van der Waals surface area contributed by atoms with Gasteiger partial charge in [-0.05, 0) is 46.2 Å². The predicted octanol–water partition coefficient (Wildman–Crippen LogP) is 6.01. The van der Waals surface area contributed by atoms with Crippen molar-refractivity contribution in [2.75, 3.05) is 5.32 Å². The summed E-state index contributed by atoms with van der Waals surface area (Å²) in [7, 11) is 0. The van der Waals surface area contributed by atoms with E-state index in [0.717, 1.165) is 34.5 Å². The lowest BCUT2D eigenvalue weighted by Crippen LogP contribution is -2.14. The number of rotatable bonds is 7. The van der Waals surface area contributed by atoms with Crippen molar-refractivity contribution in [1.82, 2.24) is 0 Å². The first-order valence-electron chi connectivity index (χ1n) is 10.5. The van der Waals surface area contributed by atoms with Crippen LogP contribution in [0.3, 0.4) is 0 Å². The van der Waals surface area contributed by atoms with Crippen LogP contribution in [0.25, 0.3) is 16.8 Å². The first-order valence-corrected chi connectivity index (χ1v) is 10.5. The number of carbonyl (C=O) groups is 1. The Morgan fingerprint density at radius 2 is 1.80 bits per heavy atom. The number of amides is 1. The van der Waals surface area contributed by atoms with Crippen LogP contribution >= 0.6 is 0 Å². The molecule has 8 heteroatoms. The number of anilines is 1. The van der Waals surface area contributed by atoms with E-state index >= 15 is 0 Å². The van der Waals surface area contributed by atoms with Gasteiger partial charge in [0, 0.05) is 12.1 Å². The number of nitro benzene ring substituents is 1. The third kappa shape index (κ3) is 5.49. The number of hydrogen-bond donors (Lipinski definition) is 1. The monoisotopic (exact) mass is 467 g/mol. The minimum Gasteiger partial charge on any atom is -0.489 e. The number of ether oxygens (including phenoxy) is 1. The number of nitrogens with zero attached hydrogens (tertiary/aromatic N) is 2. The van der Waals surface area contributed by atoms with Gasteiger partial charge in [0.2, 0.25) is 0 Å². The number of hydrogen-bond acceptors (Lipinski definition) is 5. The van der Waals surface area contributed by atoms with E-state index in [0.29, 0.717) is 17.9 Å². The Bertz CT molecular complexity index is 1490. The number of fused-ring (bicyclic) bond motifs is 1. The van der Waals surface area contributed by atoms with E-state index in [1.165, 1.54) is 6.08 Å². The minimum absolute atomic E-state index is 0.291. The number of halogens is 1. The van der Waals surface area contributed by atoms with Crippen LogP contribution in [0.1, 0.15) is 11.1 Å². The standard InChI is InChI=1S/C27H18FN3O4/c28-25-13-10-22(31(33)34)15-26(25)30-27(32)21(16-29)14-18-8-11-23(12-9-18)35-17-20-6-3-5-19-4-1-2-7-24(19)20/h1-15H,17H2,(H,30,32). The second-order valence-electron chi connectivity index (χ2n) is 7.54. The molecule has 4 rings (SSSR count). The van der Waals surface area contributed by atoms with E-state index in [-0.39, 0.29) is 16.9 Å². The van der Waals surface area contributed by atoms with E-state index in [1.807, 2.05) is 42.5 Å². The van der Waals surface area contributed by atoms with Gasteiger partial charge >= 0.3 is 0 Å². The molecule has 0 heterocycles. The summed E-state index contributed by atoms with van der Waals surface area (Å²) >= 11 is 0. The molecule has 0 radical (unpaired) electrons. The third-order valence-corrected chi connectivity index (χ3v) is 5.24. The number of nitro groups is 1. The van der Waals surface area contributed by atoms with Crippen LogP contribution in [-0.2, 0) is 11.4 Å². The van der Waals surface area contributed by atoms with Gasteiger partial charge in [-0.25, -0.2) is 4.39 Å². The Balaban J connectivity index is 1.45. The van der Waals surface area contributed by atoms with Crippen molar-refractivity contribution in [2.45, 2.75) is 6.61 Å². The first-order chi connectivity index (χ1) is 16.9. The Hall–Kier alpha value is -5.03. The zero-order valence-electron chi connectivity index (χ0n) is 18.3. The molecule has 0 aliphatic heterocycles. The van der Waals surface area contributed by atoms with Crippen LogP contribution in [0.4, 0.5) is 15.8 Å². The molecule has 7 nitrogen and oxygen atoms in total. The van der Waals surface area contributed by atoms with E-state index < -0.39 is 16.6 Å². The van der Waals surface area contributed by atoms with Crippen LogP contribution in [0.5, 0.6) is 5.75 Å². The molecule has 0 saturated carbocycles. The molecule has 0 spiro atoms. The highest BCUT2D eigenvalue weighted by Gasteiger charge is 2.16. The Morgan fingerprint density at radius 3 is 2.54 bits per heavy atom. The van der Waals surface area contributed by atoms with Gasteiger partial charge in [0.1, 0.15) is 29.8 Å². The van der Waals surface area contributed by atoms with Crippen molar-refractivity contribution in [3.05, 3.63) is 118 Å². The Labute approximate surface area is 199 Å². The SMILES string of the molecule is N#CC(=Cc1ccc(OCc2cccc3ccccc23)cc1)C(=O)Nc1cc([N+](=O)[O-])ccc1F. The summed E-state index contributed by atoms with van der Waals surface area (Å²) in [4.78, 5) is 22.6. The Kier molecular flexibility index (Phi) is 6.79. The highest BCUT2D eigenvalue weighted by molar-refractivity contribution is 6.09. The quantitative estimate of drug-likeness (QED) is 0.155. The smallest absolute Gasteiger partial charge is 0.271 e. The summed E-state index contributed by atoms with van der Waals surface area (Å²) in [5.41, 5.74) is 0.531. The van der Waals surface area contributed by atoms with Gasteiger partial charge in [-0.3, -0.25) is 14.9 Å². The third-order valence-electron chi connectivity index (χ3n) is 5.24. The molecule has 4 aromatic carbocycles. The molecule has 35 heavy (non-hydrogen) atoms. The number of nitriles is 1. The summed E-state index contributed by atoms with van der Waals surface area (Å²) in [5.74, 6) is -1.13. The largest absolute Gasteiger partial charge is 0.489 e. The van der Waals surface area contributed by atoms with Crippen LogP contribution < -0.4 is 10.1 Å². The molecule has 0 atom stereocenters. The van der Waals surface area contributed by atoms with Crippen molar-refractivity contribution in [2.24, 2.45) is 0 Å². The summed E-state index contributed by atoms with van der Waals surface area (Å²) in [6, 6.07) is 25.3. The maximum atomic E-state index is 14.0. The van der Waals surface area contributed by atoms with Gasteiger partial charge in [0.05, 0.1) is 10.6 Å². The average molecular weight is 467 g/mol. The normalized spacial score (nSPS) is 11.0. The molecule has 0 bridgehead atoms. The van der Waals surface area contributed by atoms with Crippen molar-refractivity contribution < 1.29 is 18.8 Å². The molecule has 0 saturated heterocycles. The molecule has 0 aromatic heterocycles. The van der Waals surface area contributed by atoms with Crippen LogP contribution in [0.15, 0.2) is 90.5 Å². The van der Waals surface area contributed by atoms with E-state index in [4.69, 9.17) is 4.74 Å². The lowest BCUT2D eigenvalue weighted by atomic mass is 10.1. The fourth-order valence-electron chi connectivity index (χ4n) is 3.47. The van der Waals surface area contributed by atoms with E-state index in [9.17, 15) is 24.6 Å². The molecular formula is C27H18FN3O4. The van der Waals surface area contributed by atoms with Crippen LogP contribution in [-0.4, -0.2) is 10.8 Å². The number of nitrogens with one attached hydrogen (secondary N) is 1. The zero-order valence-corrected chi connectivity index (χ0v) is 18.3. The summed E-state index contributed by atoms with van der Waals surface area (Å²) in [6.45, 7) is 0.372. The molecular weight excluding hydrogens is 449 g/mol. The van der Waals surface area contributed by atoms with Gasteiger partial charge in [-0.15, -0.1) is 0 Å². The van der Waals surface area contributed by atoms with Crippen molar-refractivity contribution in [1.29, 1.82) is 5.26 Å². The van der Waals surface area contributed by atoms with Crippen molar-refractivity contribution in [3.8, 4) is 11.8 Å². The van der Waals surface area contributed by atoms with Crippen molar-refractivity contribution in [3.63, 3.8) is 0 Å². The predicted molar refractivity (Wildman–Crippen MR) is 130 cm³/mol. The average Bonchev–Trinajstić information content (AvgIpc) is 2.87. The summed E-state index contributed by atoms with van der Waals surface area (Å²) < 4.78 is 19.9. The maximum Gasteiger partial charge on any atom is 0.271 e. The molecule has 0 aliphatic carbocycles. The molecule has 0 aliphatic rings. The molecule has 4 aromatic rings. The highest BCUT2D eigenvalue weighted by Crippen LogP contribution is 2.23. The van der Waals surface area contributed by atoms with Gasteiger partial charge in [-0.1, -0.05) is 54.6 Å². The van der Waals surface area contributed by atoms with Crippen LogP contribution in [0, 0.1) is 27.3 Å². The lowest BCUT2D eigenvalue weighted by molar-refractivity contribution is -0.384. The van der Waals surface area contributed by atoms with Gasteiger partial charge in [0.15, 0.2) is 0 Å². The Morgan fingerprint density at radius 1 is 1.06 bits per heavy atom. The molecule has 172 valence electrons. The number of carbonyl (C=O) groups excluding carboxylic acids is 1. The van der Waals surface area contributed by atoms with Gasteiger partial charge < -0.3 is 10.1 Å². The van der Waals surface area contributed by atoms with E-state index in [1.54, 1.807) is 30.3 Å². The van der Waals surface area contributed by atoms with Crippen molar-refractivity contribution >= 4 is 34.1 Å². The second kappa shape index (κ2) is 10.3. The summed E-state index contributed by atoms with van der Waals surface area (Å²) in [6.07, 6.45) is 1.33. The number of non-ortho nitro benzene ring substituents is 1. The van der Waals surface area contributed by atoms with Crippen LogP contribution in [0.2, 0.25) is 0 Å². The lowest BCUT2D eigenvalue weighted by Gasteiger charge is -2.09. The topological polar surface area (TPSA) is 105 Å². The fourth-order valence-corrected chi connectivity index (χ4v) is 3.47. The second-order valence-corrected chi connectivity index (χ2v) is 7.54.